The summed E-state index contributed by atoms with van der Waals surface area (Å²) >= 11 is 0. The van der Waals surface area contributed by atoms with Crippen LogP contribution in [0.1, 0.15) is 49.4 Å². The van der Waals surface area contributed by atoms with Crippen molar-refractivity contribution in [2.45, 2.75) is 50.7 Å². The molecule has 24 heavy (non-hydrogen) atoms. The van der Waals surface area contributed by atoms with Gasteiger partial charge >= 0.3 is 5.97 Å². The Morgan fingerprint density at radius 1 is 1.25 bits per heavy atom. The summed E-state index contributed by atoms with van der Waals surface area (Å²) in [5.74, 6) is -0.706. The quantitative estimate of drug-likeness (QED) is 0.838. The van der Waals surface area contributed by atoms with Crippen LogP contribution in [-0.2, 0) is 9.53 Å². The summed E-state index contributed by atoms with van der Waals surface area (Å²) < 4.78 is 10.4. The smallest absolute Gasteiger partial charge is 0.342 e. The molecule has 1 saturated carbocycles. The third-order valence-corrected chi connectivity index (χ3v) is 4.26. The number of amides is 1. The van der Waals surface area contributed by atoms with Gasteiger partial charge < -0.3 is 14.8 Å². The molecule has 1 aromatic carbocycles. The summed E-state index contributed by atoms with van der Waals surface area (Å²) in [4.78, 5) is 24.6. The second-order valence-electron chi connectivity index (χ2n) is 5.99. The van der Waals surface area contributed by atoms with Crippen molar-refractivity contribution in [1.29, 1.82) is 5.26 Å². The van der Waals surface area contributed by atoms with Crippen molar-refractivity contribution in [2.24, 2.45) is 0 Å². The molecule has 0 spiro atoms. The van der Waals surface area contributed by atoms with Crippen molar-refractivity contribution < 1.29 is 19.1 Å². The molecule has 128 valence electrons. The van der Waals surface area contributed by atoms with E-state index >= 15 is 0 Å². The highest BCUT2D eigenvalue weighted by molar-refractivity contribution is 5.94. The molecule has 0 aromatic heterocycles. The maximum Gasteiger partial charge on any atom is 0.342 e. The van der Waals surface area contributed by atoms with Crippen molar-refractivity contribution in [3.8, 4) is 11.8 Å². The summed E-state index contributed by atoms with van der Waals surface area (Å²) in [6, 6.07) is 8.87. The maximum atomic E-state index is 12.3. The Bertz CT molecular complexity index is 645. The highest BCUT2D eigenvalue weighted by atomic mass is 16.5. The molecular weight excluding hydrogens is 308 g/mol. The molecule has 1 aliphatic rings. The predicted octanol–water partition coefficient (Wildman–Crippen LogP) is 2.58. The third kappa shape index (κ3) is 4.05. The first-order chi connectivity index (χ1) is 11.5. The fourth-order valence-electron chi connectivity index (χ4n) is 2.85. The van der Waals surface area contributed by atoms with Crippen LogP contribution in [0.4, 0.5) is 0 Å². The average molecular weight is 330 g/mol. The van der Waals surface area contributed by atoms with Gasteiger partial charge in [0.15, 0.2) is 6.10 Å². The summed E-state index contributed by atoms with van der Waals surface area (Å²) in [6.07, 6.45) is 3.14. The number of hydrogen-bond donors (Lipinski definition) is 1. The molecule has 1 atom stereocenters. The molecule has 0 bridgehead atoms. The maximum absolute atomic E-state index is 12.3. The van der Waals surface area contributed by atoms with Crippen molar-refractivity contribution >= 4 is 11.9 Å². The number of nitrogens with one attached hydrogen (secondary N) is 1. The lowest BCUT2D eigenvalue weighted by Crippen LogP contribution is -2.52. The Morgan fingerprint density at radius 2 is 1.92 bits per heavy atom. The normalized spacial score (nSPS) is 17.2. The molecule has 6 heteroatoms. The lowest BCUT2D eigenvalue weighted by atomic mass is 9.83. The van der Waals surface area contributed by atoms with Gasteiger partial charge in [0.2, 0.25) is 0 Å². The Morgan fingerprint density at radius 3 is 2.54 bits per heavy atom. The number of carbonyl (C=O) groups excluding carboxylic acids is 2. The molecule has 1 fully saturated rings. The van der Waals surface area contributed by atoms with Crippen LogP contribution in [0.2, 0.25) is 0 Å². The Labute approximate surface area is 141 Å². The van der Waals surface area contributed by atoms with Crippen LogP contribution in [0.5, 0.6) is 5.75 Å². The fraction of sp³-hybridized carbons (Fsp3) is 0.500. The van der Waals surface area contributed by atoms with Crippen LogP contribution in [0.3, 0.4) is 0 Å². The number of rotatable bonds is 5. The number of para-hydroxylation sites is 1. The first-order valence-corrected chi connectivity index (χ1v) is 8.08. The molecule has 1 unspecified atom stereocenters. The van der Waals surface area contributed by atoms with Crippen molar-refractivity contribution in [1.82, 2.24) is 5.32 Å². The standard InChI is InChI=1S/C18H22N2O4/c1-13(16(21)20-18(12-19)10-6-3-7-11-18)24-17(22)14-8-4-5-9-15(14)23-2/h4-5,8-9,13H,3,6-7,10-11H2,1-2H3,(H,20,21). The zero-order chi connectivity index (χ0) is 17.6. The molecule has 2 rings (SSSR count). The topological polar surface area (TPSA) is 88.4 Å². The fourth-order valence-corrected chi connectivity index (χ4v) is 2.85. The van der Waals surface area contributed by atoms with E-state index in [0.29, 0.717) is 18.6 Å². The number of hydrogen-bond acceptors (Lipinski definition) is 5. The summed E-state index contributed by atoms with van der Waals surface area (Å²) in [5.41, 5.74) is -0.590. The molecule has 6 nitrogen and oxygen atoms in total. The third-order valence-electron chi connectivity index (χ3n) is 4.26. The Kier molecular flexibility index (Phi) is 5.80. The SMILES string of the molecule is COc1ccccc1C(=O)OC(C)C(=O)NC1(C#N)CCCCC1. The minimum absolute atomic E-state index is 0.257. The van der Waals surface area contributed by atoms with Gasteiger partial charge in [-0.1, -0.05) is 31.4 Å². The van der Waals surface area contributed by atoms with Crippen LogP contribution in [0.25, 0.3) is 0 Å². The number of carbonyl (C=O) groups is 2. The molecule has 0 heterocycles. The Hall–Kier alpha value is -2.55. The lowest BCUT2D eigenvalue weighted by Gasteiger charge is -2.32. The second-order valence-corrected chi connectivity index (χ2v) is 5.99. The van der Waals surface area contributed by atoms with E-state index in [1.807, 2.05) is 0 Å². The van der Waals surface area contributed by atoms with Gasteiger partial charge in [-0.15, -0.1) is 0 Å². The van der Waals surface area contributed by atoms with Gasteiger partial charge in [-0.3, -0.25) is 4.79 Å². The number of esters is 1. The highest BCUT2D eigenvalue weighted by Gasteiger charge is 2.35. The minimum atomic E-state index is -0.991. The van der Waals surface area contributed by atoms with Gasteiger partial charge in [0, 0.05) is 0 Å². The van der Waals surface area contributed by atoms with E-state index in [0.717, 1.165) is 19.3 Å². The predicted molar refractivity (Wildman–Crippen MR) is 87.4 cm³/mol. The first kappa shape index (κ1) is 17.8. The van der Waals surface area contributed by atoms with E-state index in [1.165, 1.54) is 14.0 Å². The number of nitriles is 1. The van der Waals surface area contributed by atoms with Crippen LogP contribution < -0.4 is 10.1 Å². The second kappa shape index (κ2) is 7.82. The molecule has 1 amide bonds. The van der Waals surface area contributed by atoms with Crippen LogP contribution in [0.15, 0.2) is 24.3 Å². The summed E-state index contributed by atoms with van der Waals surface area (Å²) in [7, 11) is 1.46. The van der Waals surface area contributed by atoms with E-state index in [9.17, 15) is 14.9 Å². The van der Waals surface area contributed by atoms with Gasteiger partial charge in [-0.2, -0.15) is 5.26 Å². The van der Waals surface area contributed by atoms with Gasteiger partial charge in [0.1, 0.15) is 16.9 Å². The largest absolute Gasteiger partial charge is 0.496 e. The molecule has 0 radical (unpaired) electrons. The number of nitrogens with zero attached hydrogens (tertiary/aromatic N) is 1. The number of benzene rings is 1. The van der Waals surface area contributed by atoms with E-state index in [2.05, 4.69) is 11.4 Å². The number of ether oxygens (including phenoxy) is 2. The molecule has 1 aromatic rings. The van der Waals surface area contributed by atoms with Crippen molar-refractivity contribution in [3.05, 3.63) is 29.8 Å². The zero-order valence-electron chi connectivity index (χ0n) is 14.0. The monoisotopic (exact) mass is 330 g/mol. The van der Waals surface area contributed by atoms with E-state index < -0.39 is 23.5 Å². The van der Waals surface area contributed by atoms with Gasteiger partial charge in [-0.05, 0) is 31.9 Å². The lowest BCUT2D eigenvalue weighted by molar-refractivity contribution is -0.130. The highest BCUT2D eigenvalue weighted by Crippen LogP contribution is 2.27. The first-order valence-electron chi connectivity index (χ1n) is 8.08. The molecule has 0 saturated heterocycles. The molecular formula is C18H22N2O4. The Balaban J connectivity index is 2.01. The molecule has 1 N–H and O–H groups in total. The van der Waals surface area contributed by atoms with Crippen molar-refractivity contribution in [3.63, 3.8) is 0 Å². The van der Waals surface area contributed by atoms with Gasteiger partial charge in [-0.25, -0.2) is 4.79 Å². The van der Waals surface area contributed by atoms with E-state index in [4.69, 9.17) is 9.47 Å². The molecule has 0 aliphatic heterocycles. The van der Waals surface area contributed by atoms with Gasteiger partial charge in [0.25, 0.3) is 5.91 Å². The molecule has 1 aliphatic carbocycles. The summed E-state index contributed by atoms with van der Waals surface area (Å²) in [5, 5.41) is 12.2. The summed E-state index contributed by atoms with van der Waals surface area (Å²) in [6.45, 7) is 1.50. The zero-order valence-corrected chi connectivity index (χ0v) is 14.0. The van der Waals surface area contributed by atoms with E-state index in [-0.39, 0.29) is 5.56 Å². The van der Waals surface area contributed by atoms with Crippen molar-refractivity contribution in [2.75, 3.05) is 7.11 Å². The van der Waals surface area contributed by atoms with E-state index in [1.54, 1.807) is 24.3 Å². The van der Waals surface area contributed by atoms with Gasteiger partial charge in [0.05, 0.1) is 13.2 Å². The average Bonchev–Trinajstić information content (AvgIpc) is 2.62. The van der Waals surface area contributed by atoms with Crippen LogP contribution >= 0.6 is 0 Å². The minimum Gasteiger partial charge on any atom is -0.496 e. The van der Waals surface area contributed by atoms with Crippen LogP contribution in [0, 0.1) is 11.3 Å². The number of methoxy groups -OCH3 is 1. The van der Waals surface area contributed by atoms with Crippen LogP contribution in [-0.4, -0.2) is 30.6 Å².